The molecule has 3 nitrogen and oxygen atoms in total. The van der Waals surface area contributed by atoms with Crippen molar-refractivity contribution < 1.29 is 5.11 Å². The van der Waals surface area contributed by atoms with Crippen LogP contribution in [0.25, 0.3) is 0 Å². The molecule has 1 aromatic carbocycles. The topological polar surface area (TPSA) is 36.4 Å². The maximum absolute atomic E-state index is 9.37. The fourth-order valence-electron chi connectivity index (χ4n) is 3.11. The molecular weight excluding hydrogens is 248 g/mol. The Balaban J connectivity index is 1.81. The van der Waals surface area contributed by atoms with E-state index in [1.165, 1.54) is 16.7 Å². The highest BCUT2D eigenvalue weighted by molar-refractivity contribution is 5.34. The van der Waals surface area contributed by atoms with Crippen LogP contribution in [-0.4, -0.2) is 28.1 Å². The number of fused-ring (bicyclic) bond motifs is 1. The van der Waals surface area contributed by atoms with Gasteiger partial charge in [-0.1, -0.05) is 30.3 Å². The lowest BCUT2D eigenvalue weighted by Crippen LogP contribution is -2.30. The smallest absolute Gasteiger partial charge is 0.0558 e. The van der Waals surface area contributed by atoms with E-state index in [2.05, 4.69) is 40.2 Å². The minimum Gasteiger partial charge on any atom is -0.395 e. The van der Waals surface area contributed by atoms with Crippen molar-refractivity contribution in [2.75, 3.05) is 13.2 Å². The fourth-order valence-corrected chi connectivity index (χ4v) is 3.11. The standard InChI is InChI=1S/C17H20N2O/c20-11-10-19(13-14-4-3-9-18-12-14)17-8-7-15-5-1-2-6-16(15)17/h1-6,9,12,17,20H,7-8,10-11,13H2/t17-/m1/s1. The Bertz CT molecular complexity index is 556. The van der Waals surface area contributed by atoms with Gasteiger partial charge >= 0.3 is 0 Å². The Morgan fingerprint density at radius 3 is 2.90 bits per heavy atom. The van der Waals surface area contributed by atoms with Gasteiger partial charge < -0.3 is 5.11 Å². The molecular formula is C17H20N2O. The van der Waals surface area contributed by atoms with E-state index in [0.29, 0.717) is 12.6 Å². The summed E-state index contributed by atoms with van der Waals surface area (Å²) >= 11 is 0. The third kappa shape index (κ3) is 2.74. The van der Waals surface area contributed by atoms with E-state index in [-0.39, 0.29) is 6.61 Å². The Labute approximate surface area is 119 Å². The Hall–Kier alpha value is -1.71. The van der Waals surface area contributed by atoms with E-state index >= 15 is 0 Å². The molecule has 104 valence electrons. The van der Waals surface area contributed by atoms with Gasteiger partial charge in [0, 0.05) is 31.5 Å². The molecule has 1 N–H and O–H groups in total. The molecule has 3 heteroatoms. The van der Waals surface area contributed by atoms with Gasteiger partial charge in [0.1, 0.15) is 0 Å². The van der Waals surface area contributed by atoms with Gasteiger partial charge in [-0.3, -0.25) is 9.88 Å². The van der Waals surface area contributed by atoms with Crippen LogP contribution in [0.4, 0.5) is 0 Å². The average molecular weight is 268 g/mol. The van der Waals surface area contributed by atoms with E-state index in [0.717, 1.165) is 19.4 Å². The van der Waals surface area contributed by atoms with E-state index in [4.69, 9.17) is 0 Å². The minimum absolute atomic E-state index is 0.193. The zero-order valence-electron chi connectivity index (χ0n) is 11.6. The predicted molar refractivity (Wildman–Crippen MR) is 79.2 cm³/mol. The van der Waals surface area contributed by atoms with Crippen molar-refractivity contribution in [2.45, 2.75) is 25.4 Å². The van der Waals surface area contributed by atoms with E-state index < -0.39 is 0 Å². The molecule has 1 aliphatic carbocycles. The van der Waals surface area contributed by atoms with E-state index in [1.54, 1.807) is 6.20 Å². The second-order valence-corrected chi connectivity index (χ2v) is 5.31. The summed E-state index contributed by atoms with van der Waals surface area (Å²) in [5.41, 5.74) is 4.07. The molecule has 3 rings (SSSR count). The molecule has 0 radical (unpaired) electrons. The molecule has 1 aliphatic rings. The van der Waals surface area contributed by atoms with Crippen LogP contribution < -0.4 is 0 Å². The monoisotopic (exact) mass is 268 g/mol. The van der Waals surface area contributed by atoms with Gasteiger partial charge in [-0.15, -0.1) is 0 Å². The largest absolute Gasteiger partial charge is 0.395 e. The van der Waals surface area contributed by atoms with Gasteiger partial charge in [0.15, 0.2) is 0 Å². The number of pyridine rings is 1. The number of hydrogen-bond donors (Lipinski definition) is 1. The molecule has 1 atom stereocenters. The zero-order chi connectivity index (χ0) is 13.8. The number of hydrogen-bond acceptors (Lipinski definition) is 3. The van der Waals surface area contributed by atoms with Crippen LogP contribution in [0.15, 0.2) is 48.8 Å². The van der Waals surface area contributed by atoms with Crippen LogP contribution in [-0.2, 0) is 13.0 Å². The third-order valence-electron chi connectivity index (χ3n) is 4.04. The van der Waals surface area contributed by atoms with Crippen LogP contribution in [0.5, 0.6) is 0 Å². The Kier molecular flexibility index (Phi) is 4.09. The molecule has 0 amide bonds. The minimum atomic E-state index is 0.193. The van der Waals surface area contributed by atoms with Gasteiger partial charge in [-0.25, -0.2) is 0 Å². The first-order valence-electron chi connectivity index (χ1n) is 7.20. The van der Waals surface area contributed by atoms with Crippen molar-refractivity contribution in [2.24, 2.45) is 0 Å². The average Bonchev–Trinajstić information content (AvgIpc) is 2.92. The molecule has 2 aromatic rings. The van der Waals surface area contributed by atoms with Crippen LogP contribution in [0.1, 0.15) is 29.2 Å². The lowest BCUT2D eigenvalue weighted by Gasteiger charge is -2.29. The van der Waals surface area contributed by atoms with Crippen molar-refractivity contribution in [1.29, 1.82) is 0 Å². The van der Waals surface area contributed by atoms with E-state index in [1.807, 2.05) is 12.3 Å². The fraction of sp³-hybridized carbons (Fsp3) is 0.353. The zero-order valence-corrected chi connectivity index (χ0v) is 11.6. The number of benzene rings is 1. The van der Waals surface area contributed by atoms with Crippen molar-refractivity contribution in [1.82, 2.24) is 9.88 Å². The third-order valence-corrected chi connectivity index (χ3v) is 4.04. The summed E-state index contributed by atoms with van der Waals surface area (Å²) in [7, 11) is 0. The summed E-state index contributed by atoms with van der Waals surface area (Å²) < 4.78 is 0. The van der Waals surface area contributed by atoms with Gasteiger partial charge in [0.2, 0.25) is 0 Å². The molecule has 0 saturated carbocycles. The summed E-state index contributed by atoms with van der Waals surface area (Å²) in [5, 5.41) is 9.37. The number of aliphatic hydroxyl groups excluding tert-OH is 1. The summed E-state index contributed by atoms with van der Waals surface area (Å²) in [4.78, 5) is 6.54. The number of aryl methyl sites for hydroxylation is 1. The molecule has 1 aromatic heterocycles. The second kappa shape index (κ2) is 6.16. The molecule has 20 heavy (non-hydrogen) atoms. The highest BCUT2D eigenvalue weighted by atomic mass is 16.3. The van der Waals surface area contributed by atoms with E-state index in [9.17, 15) is 5.11 Å². The van der Waals surface area contributed by atoms with Crippen molar-refractivity contribution in [3.8, 4) is 0 Å². The normalized spacial score (nSPS) is 17.4. The Morgan fingerprint density at radius 2 is 2.10 bits per heavy atom. The Morgan fingerprint density at radius 1 is 1.20 bits per heavy atom. The molecule has 0 saturated heterocycles. The first-order chi connectivity index (χ1) is 9.88. The lowest BCUT2D eigenvalue weighted by atomic mass is 10.1. The number of rotatable bonds is 5. The number of nitrogens with zero attached hydrogens (tertiary/aromatic N) is 2. The van der Waals surface area contributed by atoms with Gasteiger partial charge in [-0.05, 0) is 35.6 Å². The van der Waals surface area contributed by atoms with Gasteiger partial charge in [-0.2, -0.15) is 0 Å². The molecule has 1 heterocycles. The maximum atomic E-state index is 9.37. The SMILES string of the molecule is OCCN(Cc1cccnc1)[C@@H]1CCc2ccccc21. The molecule has 0 spiro atoms. The predicted octanol–water partition coefficient (Wildman–Crippen LogP) is 2.56. The van der Waals surface area contributed by atoms with Crippen LogP contribution in [0, 0.1) is 0 Å². The maximum Gasteiger partial charge on any atom is 0.0558 e. The highest BCUT2D eigenvalue weighted by Gasteiger charge is 2.27. The molecule has 0 aliphatic heterocycles. The first kappa shape index (κ1) is 13.3. The van der Waals surface area contributed by atoms with Crippen molar-refractivity contribution >= 4 is 0 Å². The summed E-state index contributed by atoms with van der Waals surface area (Å²) in [6.07, 6.45) is 5.98. The summed E-state index contributed by atoms with van der Waals surface area (Å²) in [6.45, 7) is 1.74. The highest BCUT2D eigenvalue weighted by Crippen LogP contribution is 2.36. The van der Waals surface area contributed by atoms with Crippen LogP contribution in [0.2, 0.25) is 0 Å². The lowest BCUT2D eigenvalue weighted by molar-refractivity contribution is 0.142. The molecule has 0 fully saturated rings. The quantitative estimate of drug-likeness (QED) is 0.905. The van der Waals surface area contributed by atoms with Crippen molar-refractivity contribution in [3.05, 3.63) is 65.5 Å². The number of aliphatic hydroxyl groups is 1. The van der Waals surface area contributed by atoms with Gasteiger partial charge in [0.05, 0.1) is 6.61 Å². The second-order valence-electron chi connectivity index (χ2n) is 5.31. The first-order valence-corrected chi connectivity index (χ1v) is 7.20. The van der Waals surface area contributed by atoms with Crippen LogP contribution in [0.3, 0.4) is 0 Å². The number of aromatic nitrogens is 1. The van der Waals surface area contributed by atoms with Crippen molar-refractivity contribution in [3.63, 3.8) is 0 Å². The summed E-state index contributed by atoms with van der Waals surface area (Å²) in [5.74, 6) is 0. The van der Waals surface area contributed by atoms with Gasteiger partial charge in [0.25, 0.3) is 0 Å². The van der Waals surface area contributed by atoms with Crippen LogP contribution >= 0.6 is 0 Å². The molecule has 0 unspecified atom stereocenters. The summed E-state index contributed by atoms with van der Waals surface area (Å²) in [6, 6.07) is 13.1. The molecule has 0 bridgehead atoms.